The van der Waals surface area contributed by atoms with Gasteiger partial charge in [-0.25, -0.2) is 0 Å². The molecular formula is C15H22N4O. The molecule has 108 valence electrons. The van der Waals surface area contributed by atoms with E-state index in [-0.39, 0.29) is 0 Å². The van der Waals surface area contributed by atoms with Gasteiger partial charge in [0.1, 0.15) is 0 Å². The van der Waals surface area contributed by atoms with Gasteiger partial charge in [0.2, 0.25) is 5.89 Å². The van der Waals surface area contributed by atoms with Gasteiger partial charge >= 0.3 is 6.01 Å². The Bertz CT molecular complexity index is 577. The molecule has 0 aliphatic rings. The number of anilines is 1. The lowest BCUT2D eigenvalue weighted by atomic mass is 10.0. The second-order valence-corrected chi connectivity index (χ2v) is 5.43. The predicted molar refractivity (Wildman–Crippen MR) is 79.7 cm³/mol. The molecule has 0 saturated carbocycles. The van der Waals surface area contributed by atoms with Crippen LogP contribution in [-0.4, -0.2) is 36.2 Å². The number of benzene rings is 1. The topological polar surface area (TPSA) is 45.4 Å². The number of rotatable bonds is 5. The highest BCUT2D eigenvalue weighted by Gasteiger charge is 2.12. The zero-order chi connectivity index (χ0) is 14.7. The highest BCUT2D eigenvalue weighted by atomic mass is 16.4. The summed E-state index contributed by atoms with van der Waals surface area (Å²) in [5, 5.41) is 8.16. The minimum Gasteiger partial charge on any atom is -0.407 e. The van der Waals surface area contributed by atoms with Gasteiger partial charge in [-0.15, -0.1) is 5.10 Å². The summed E-state index contributed by atoms with van der Waals surface area (Å²) in [5.41, 5.74) is 3.89. The fourth-order valence-electron chi connectivity index (χ4n) is 2.04. The summed E-state index contributed by atoms with van der Waals surface area (Å²) in [6, 6.07) is 6.90. The second-order valence-electron chi connectivity index (χ2n) is 5.43. The van der Waals surface area contributed by atoms with E-state index < -0.39 is 0 Å². The van der Waals surface area contributed by atoms with Crippen molar-refractivity contribution in [3.63, 3.8) is 0 Å². The van der Waals surface area contributed by atoms with Crippen LogP contribution in [0.3, 0.4) is 0 Å². The normalized spacial score (nSPS) is 11.1. The zero-order valence-electron chi connectivity index (χ0n) is 12.8. The van der Waals surface area contributed by atoms with Crippen LogP contribution in [0.1, 0.15) is 22.6 Å². The fraction of sp³-hybridized carbons (Fsp3) is 0.467. The van der Waals surface area contributed by atoms with Crippen LogP contribution >= 0.6 is 0 Å². The first-order valence-electron chi connectivity index (χ1n) is 6.70. The molecule has 0 atom stereocenters. The smallest absolute Gasteiger partial charge is 0.318 e. The van der Waals surface area contributed by atoms with Crippen molar-refractivity contribution in [2.75, 3.05) is 26.0 Å². The summed E-state index contributed by atoms with van der Waals surface area (Å²) >= 11 is 0. The van der Waals surface area contributed by atoms with Crippen molar-refractivity contribution in [2.24, 2.45) is 0 Å². The molecule has 1 aromatic carbocycles. The van der Waals surface area contributed by atoms with Crippen molar-refractivity contribution in [3.05, 3.63) is 40.8 Å². The van der Waals surface area contributed by atoms with E-state index in [1.165, 1.54) is 16.7 Å². The van der Waals surface area contributed by atoms with Crippen LogP contribution < -0.4 is 4.90 Å². The van der Waals surface area contributed by atoms with Gasteiger partial charge in [-0.05, 0) is 44.6 Å². The van der Waals surface area contributed by atoms with E-state index in [0.29, 0.717) is 18.5 Å². The van der Waals surface area contributed by atoms with Gasteiger partial charge in [-0.2, -0.15) is 0 Å². The Labute approximate surface area is 120 Å². The summed E-state index contributed by atoms with van der Waals surface area (Å²) in [5.74, 6) is 0.637. The third-order valence-corrected chi connectivity index (χ3v) is 3.36. The highest BCUT2D eigenvalue weighted by molar-refractivity contribution is 5.36. The fourth-order valence-corrected chi connectivity index (χ4v) is 2.04. The van der Waals surface area contributed by atoms with Gasteiger partial charge < -0.3 is 14.2 Å². The molecule has 0 amide bonds. The minimum absolute atomic E-state index is 0.558. The maximum absolute atomic E-state index is 5.66. The molecule has 0 N–H and O–H groups in total. The monoisotopic (exact) mass is 274 g/mol. The number of hydrogen-bond donors (Lipinski definition) is 0. The van der Waals surface area contributed by atoms with Crippen molar-refractivity contribution < 1.29 is 4.42 Å². The molecule has 5 heteroatoms. The molecule has 2 aromatic rings. The molecule has 5 nitrogen and oxygen atoms in total. The molecule has 0 spiro atoms. The minimum atomic E-state index is 0.558. The summed E-state index contributed by atoms with van der Waals surface area (Å²) in [6.07, 6.45) is 0. The van der Waals surface area contributed by atoms with Gasteiger partial charge in [0.05, 0.1) is 6.54 Å². The van der Waals surface area contributed by atoms with Crippen LogP contribution in [0.15, 0.2) is 22.6 Å². The summed E-state index contributed by atoms with van der Waals surface area (Å²) in [6.45, 7) is 5.69. The number of nitrogens with zero attached hydrogens (tertiary/aromatic N) is 4. The molecule has 0 aliphatic heterocycles. The summed E-state index contributed by atoms with van der Waals surface area (Å²) < 4.78 is 5.66. The molecule has 0 unspecified atom stereocenters. The molecule has 1 heterocycles. The first kappa shape index (κ1) is 14.5. The van der Waals surface area contributed by atoms with E-state index in [0.717, 1.165) is 6.54 Å². The summed E-state index contributed by atoms with van der Waals surface area (Å²) in [4.78, 5) is 3.98. The maximum Gasteiger partial charge on any atom is 0.318 e. The summed E-state index contributed by atoms with van der Waals surface area (Å²) in [7, 11) is 5.92. The Hall–Kier alpha value is -1.88. The lowest BCUT2D eigenvalue weighted by Gasteiger charge is -2.16. The van der Waals surface area contributed by atoms with Crippen LogP contribution in [0.5, 0.6) is 0 Å². The van der Waals surface area contributed by atoms with Crippen LogP contribution in [0, 0.1) is 13.8 Å². The van der Waals surface area contributed by atoms with E-state index in [1.54, 1.807) is 0 Å². The Morgan fingerprint density at radius 3 is 2.50 bits per heavy atom. The van der Waals surface area contributed by atoms with Gasteiger partial charge in [-0.1, -0.05) is 23.3 Å². The number of aromatic nitrogens is 2. The molecular weight excluding hydrogens is 252 g/mol. The average Bonchev–Trinajstić information content (AvgIpc) is 2.82. The van der Waals surface area contributed by atoms with Crippen LogP contribution in [0.4, 0.5) is 6.01 Å². The van der Waals surface area contributed by atoms with Gasteiger partial charge in [0.25, 0.3) is 0 Å². The second kappa shape index (κ2) is 6.05. The molecule has 1 aromatic heterocycles. The SMILES string of the molecule is Cc1cccc(CN(C)c2nnc(CN(C)C)o2)c1C. The van der Waals surface area contributed by atoms with Crippen molar-refractivity contribution >= 4 is 6.01 Å². The quantitative estimate of drug-likeness (QED) is 0.837. The standard InChI is InChI=1S/C15H22N4O/c1-11-7-6-8-13(12(11)2)9-19(5)15-17-16-14(20-15)10-18(3)4/h6-8H,9-10H2,1-5H3. The third kappa shape index (κ3) is 3.36. The maximum atomic E-state index is 5.66. The van der Waals surface area contributed by atoms with Crippen molar-refractivity contribution in [1.29, 1.82) is 0 Å². The lowest BCUT2D eigenvalue weighted by molar-refractivity contribution is 0.342. The Morgan fingerprint density at radius 2 is 1.80 bits per heavy atom. The Balaban J connectivity index is 2.09. The van der Waals surface area contributed by atoms with Crippen molar-refractivity contribution in [2.45, 2.75) is 26.9 Å². The molecule has 0 radical (unpaired) electrons. The highest BCUT2D eigenvalue weighted by Crippen LogP contribution is 2.18. The first-order valence-corrected chi connectivity index (χ1v) is 6.70. The third-order valence-electron chi connectivity index (χ3n) is 3.36. The Morgan fingerprint density at radius 1 is 1.05 bits per heavy atom. The largest absolute Gasteiger partial charge is 0.407 e. The van der Waals surface area contributed by atoms with Crippen molar-refractivity contribution in [3.8, 4) is 0 Å². The van der Waals surface area contributed by atoms with E-state index in [4.69, 9.17) is 4.42 Å². The van der Waals surface area contributed by atoms with Crippen LogP contribution in [-0.2, 0) is 13.1 Å². The zero-order valence-corrected chi connectivity index (χ0v) is 12.8. The van der Waals surface area contributed by atoms with Crippen LogP contribution in [0.25, 0.3) is 0 Å². The first-order chi connectivity index (χ1) is 9.47. The molecule has 20 heavy (non-hydrogen) atoms. The van der Waals surface area contributed by atoms with Gasteiger partial charge in [-0.3, -0.25) is 0 Å². The Kier molecular flexibility index (Phi) is 4.39. The van der Waals surface area contributed by atoms with E-state index in [2.05, 4.69) is 42.2 Å². The molecule has 0 fully saturated rings. The molecule has 0 bridgehead atoms. The van der Waals surface area contributed by atoms with E-state index in [1.807, 2.05) is 30.9 Å². The van der Waals surface area contributed by atoms with Gasteiger partial charge in [0.15, 0.2) is 0 Å². The molecule has 0 saturated heterocycles. The molecule has 0 aliphatic carbocycles. The van der Waals surface area contributed by atoms with Crippen LogP contribution in [0.2, 0.25) is 0 Å². The number of hydrogen-bond acceptors (Lipinski definition) is 5. The number of aryl methyl sites for hydroxylation is 1. The van der Waals surface area contributed by atoms with E-state index in [9.17, 15) is 0 Å². The van der Waals surface area contributed by atoms with E-state index >= 15 is 0 Å². The molecule has 2 rings (SSSR count). The van der Waals surface area contributed by atoms with Gasteiger partial charge in [0, 0.05) is 13.6 Å². The van der Waals surface area contributed by atoms with Crippen molar-refractivity contribution in [1.82, 2.24) is 15.1 Å². The predicted octanol–water partition coefficient (Wildman–Crippen LogP) is 2.38. The average molecular weight is 274 g/mol. The lowest BCUT2D eigenvalue weighted by Crippen LogP contribution is -2.17.